The Labute approximate surface area is 116 Å². The Bertz CT molecular complexity index is 426. The second kappa shape index (κ2) is 6.23. The van der Waals surface area contributed by atoms with Crippen molar-refractivity contribution in [3.63, 3.8) is 0 Å². The summed E-state index contributed by atoms with van der Waals surface area (Å²) in [4.78, 5) is 13.5. The molecule has 1 aliphatic rings. The van der Waals surface area contributed by atoms with Crippen molar-refractivity contribution in [2.75, 3.05) is 18.0 Å². The van der Waals surface area contributed by atoms with E-state index in [2.05, 4.69) is 20.8 Å². The van der Waals surface area contributed by atoms with Crippen molar-refractivity contribution in [3.05, 3.63) is 28.2 Å². The number of anilines is 1. The van der Waals surface area contributed by atoms with Crippen LogP contribution < -0.4 is 4.90 Å². The maximum Gasteiger partial charge on any atom is 0.337 e. The van der Waals surface area contributed by atoms with Crippen LogP contribution in [0, 0.1) is 0 Å². The first-order valence-corrected chi connectivity index (χ1v) is 7.25. The number of hydrogen-bond acceptors (Lipinski definition) is 2. The Morgan fingerprint density at radius 3 is 2.33 bits per heavy atom. The molecular weight excluding hydrogens is 294 g/mol. The highest BCUT2D eigenvalue weighted by Gasteiger charge is 2.17. The van der Waals surface area contributed by atoms with E-state index in [1.54, 1.807) is 6.07 Å². The molecule has 2 rings (SSSR count). The Morgan fingerprint density at radius 2 is 1.72 bits per heavy atom. The van der Waals surface area contributed by atoms with Crippen LogP contribution in [0.15, 0.2) is 22.7 Å². The lowest BCUT2D eigenvalue weighted by molar-refractivity contribution is 0.0697. The van der Waals surface area contributed by atoms with Gasteiger partial charge < -0.3 is 10.0 Å². The van der Waals surface area contributed by atoms with E-state index < -0.39 is 5.97 Å². The average molecular weight is 312 g/mol. The first-order valence-electron chi connectivity index (χ1n) is 6.46. The third-order valence-electron chi connectivity index (χ3n) is 3.39. The molecule has 0 bridgehead atoms. The quantitative estimate of drug-likeness (QED) is 0.900. The molecule has 4 heteroatoms. The molecule has 1 aromatic rings. The Hall–Kier alpha value is -1.03. The van der Waals surface area contributed by atoms with Crippen molar-refractivity contribution < 1.29 is 9.90 Å². The van der Waals surface area contributed by atoms with Gasteiger partial charge in [0.2, 0.25) is 0 Å². The summed E-state index contributed by atoms with van der Waals surface area (Å²) in [6.07, 6.45) is 6.09. The summed E-state index contributed by atoms with van der Waals surface area (Å²) >= 11 is 3.33. The number of rotatable bonds is 2. The lowest BCUT2D eigenvalue weighted by atomic mass is 10.1. The third-order valence-corrected chi connectivity index (χ3v) is 3.88. The summed E-state index contributed by atoms with van der Waals surface area (Å²) in [6.45, 7) is 1.92. The normalized spacial score (nSPS) is 17.1. The van der Waals surface area contributed by atoms with Crippen LogP contribution in [-0.4, -0.2) is 24.2 Å². The SMILES string of the molecule is O=C(O)c1cc(Br)ccc1N1CCCCCCC1. The molecule has 0 aromatic heterocycles. The molecule has 1 saturated heterocycles. The van der Waals surface area contributed by atoms with Gasteiger partial charge in [-0.3, -0.25) is 0 Å². The van der Waals surface area contributed by atoms with Gasteiger partial charge >= 0.3 is 5.97 Å². The zero-order valence-corrected chi connectivity index (χ0v) is 11.9. The summed E-state index contributed by atoms with van der Waals surface area (Å²) in [7, 11) is 0. The van der Waals surface area contributed by atoms with E-state index in [1.807, 2.05) is 12.1 Å². The van der Waals surface area contributed by atoms with Gasteiger partial charge in [-0.1, -0.05) is 35.2 Å². The van der Waals surface area contributed by atoms with Gasteiger partial charge in [0.15, 0.2) is 0 Å². The molecule has 0 spiro atoms. The van der Waals surface area contributed by atoms with E-state index in [-0.39, 0.29) is 0 Å². The van der Waals surface area contributed by atoms with Crippen molar-refractivity contribution in [2.24, 2.45) is 0 Å². The van der Waals surface area contributed by atoms with Gasteiger partial charge in [0.25, 0.3) is 0 Å². The predicted octanol–water partition coefficient (Wildman–Crippen LogP) is 3.92. The number of nitrogens with zero attached hydrogens (tertiary/aromatic N) is 1. The first kappa shape index (κ1) is 13.4. The molecule has 3 nitrogen and oxygen atoms in total. The van der Waals surface area contributed by atoms with Crippen molar-refractivity contribution in [1.82, 2.24) is 0 Å². The molecule has 1 heterocycles. The minimum absolute atomic E-state index is 0.393. The van der Waals surface area contributed by atoms with Crippen LogP contribution in [0.1, 0.15) is 42.5 Å². The van der Waals surface area contributed by atoms with Gasteiger partial charge in [-0.05, 0) is 31.0 Å². The van der Waals surface area contributed by atoms with E-state index in [9.17, 15) is 9.90 Å². The lowest BCUT2D eigenvalue weighted by Crippen LogP contribution is -2.28. The van der Waals surface area contributed by atoms with Gasteiger partial charge in [0, 0.05) is 17.6 Å². The number of carboxylic acids is 1. The first-order chi connectivity index (χ1) is 8.68. The van der Waals surface area contributed by atoms with Crippen LogP contribution in [0.4, 0.5) is 5.69 Å². The summed E-state index contributed by atoms with van der Waals surface area (Å²) in [6, 6.07) is 5.52. The second-order valence-corrected chi connectivity index (χ2v) is 5.64. The largest absolute Gasteiger partial charge is 0.478 e. The molecule has 1 aromatic carbocycles. The van der Waals surface area contributed by atoms with Crippen molar-refractivity contribution in [2.45, 2.75) is 32.1 Å². The summed E-state index contributed by atoms with van der Waals surface area (Å²) in [5.74, 6) is -0.853. The fourth-order valence-electron chi connectivity index (χ4n) is 2.44. The topological polar surface area (TPSA) is 40.5 Å². The van der Waals surface area contributed by atoms with E-state index in [0.29, 0.717) is 5.56 Å². The number of carboxylic acid groups (broad SMARTS) is 1. The molecule has 1 N–H and O–H groups in total. The standard InChI is InChI=1S/C14H18BrNO2/c15-11-6-7-13(12(10-11)14(17)18)16-8-4-2-1-3-5-9-16/h6-7,10H,1-5,8-9H2,(H,17,18). The Balaban J connectivity index is 2.27. The van der Waals surface area contributed by atoms with Crippen molar-refractivity contribution in [1.29, 1.82) is 0 Å². The van der Waals surface area contributed by atoms with E-state index >= 15 is 0 Å². The lowest BCUT2D eigenvalue weighted by Gasteiger charge is -2.28. The fourth-order valence-corrected chi connectivity index (χ4v) is 2.80. The highest BCUT2D eigenvalue weighted by Crippen LogP contribution is 2.26. The predicted molar refractivity (Wildman–Crippen MR) is 76.4 cm³/mol. The third kappa shape index (κ3) is 3.25. The van der Waals surface area contributed by atoms with Crippen LogP contribution in [0.5, 0.6) is 0 Å². The molecule has 1 aliphatic heterocycles. The molecule has 0 unspecified atom stereocenters. The monoisotopic (exact) mass is 311 g/mol. The maximum atomic E-state index is 11.3. The van der Waals surface area contributed by atoms with Crippen molar-refractivity contribution >= 4 is 27.6 Å². The zero-order valence-electron chi connectivity index (χ0n) is 10.4. The molecule has 1 fully saturated rings. The maximum absolute atomic E-state index is 11.3. The van der Waals surface area contributed by atoms with Crippen LogP contribution in [0.25, 0.3) is 0 Å². The highest BCUT2D eigenvalue weighted by atomic mass is 79.9. The molecule has 0 amide bonds. The van der Waals surface area contributed by atoms with Gasteiger partial charge in [-0.25, -0.2) is 4.79 Å². The fraction of sp³-hybridized carbons (Fsp3) is 0.500. The van der Waals surface area contributed by atoms with Crippen LogP contribution in [0.3, 0.4) is 0 Å². The van der Waals surface area contributed by atoms with Gasteiger partial charge in [0.1, 0.15) is 0 Å². The minimum atomic E-state index is -0.853. The summed E-state index contributed by atoms with van der Waals surface area (Å²) in [5, 5.41) is 9.30. The molecule has 0 aliphatic carbocycles. The van der Waals surface area contributed by atoms with Crippen molar-refractivity contribution in [3.8, 4) is 0 Å². The van der Waals surface area contributed by atoms with Crippen LogP contribution in [0.2, 0.25) is 0 Å². The van der Waals surface area contributed by atoms with Gasteiger partial charge in [-0.15, -0.1) is 0 Å². The number of aromatic carboxylic acids is 1. The summed E-state index contributed by atoms with van der Waals surface area (Å²) < 4.78 is 0.815. The van der Waals surface area contributed by atoms with Crippen LogP contribution in [-0.2, 0) is 0 Å². The van der Waals surface area contributed by atoms with Gasteiger partial charge in [0.05, 0.1) is 11.3 Å². The van der Waals surface area contributed by atoms with E-state index in [4.69, 9.17) is 0 Å². The van der Waals surface area contributed by atoms with Gasteiger partial charge in [-0.2, -0.15) is 0 Å². The zero-order chi connectivity index (χ0) is 13.0. The van der Waals surface area contributed by atoms with E-state index in [1.165, 1.54) is 19.3 Å². The molecule has 98 valence electrons. The van der Waals surface area contributed by atoms with Crippen LogP contribution >= 0.6 is 15.9 Å². The molecule has 0 radical (unpaired) electrons. The second-order valence-electron chi connectivity index (χ2n) is 4.72. The number of carbonyl (C=O) groups is 1. The average Bonchev–Trinajstić information content (AvgIpc) is 2.29. The highest BCUT2D eigenvalue weighted by molar-refractivity contribution is 9.10. The molecule has 0 atom stereocenters. The Morgan fingerprint density at radius 1 is 1.11 bits per heavy atom. The minimum Gasteiger partial charge on any atom is -0.478 e. The number of benzene rings is 1. The molecular formula is C14H18BrNO2. The number of halogens is 1. The molecule has 0 saturated carbocycles. The smallest absolute Gasteiger partial charge is 0.337 e. The summed E-state index contributed by atoms with van der Waals surface area (Å²) in [5.41, 5.74) is 1.25. The molecule has 18 heavy (non-hydrogen) atoms. The van der Waals surface area contributed by atoms with E-state index in [0.717, 1.165) is 36.1 Å². The number of hydrogen-bond donors (Lipinski definition) is 1. The Kier molecular flexibility index (Phi) is 4.64.